The van der Waals surface area contributed by atoms with Gasteiger partial charge in [0.05, 0.1) is 4.88 Å². The maximum Gasteiger partial charge on any atom is 0.275 e. The van der Waals surface area contributed by atoms with Crippen LogP contribution < -0.4 is 11.1 Å². The minimum atomic E-state index is -0.537. The van der Waals surface area contributed by atoms with E-state index in [0.717, 1.165) is 9.88 Å². The van der Waals surface area contributed by atoms with E-state index in [1.165, 1.54) is 17.4 Å². The fourth-order valence-electron chi connectivity index (χ4n) is 1.84. The monoisotopic (exact) mass is 329 g/mol. The quantitative estimate of drug-likeness (QED) is 0.770. The average Bonchev–Trinajstić information content (AvgIpc) is 3.18. The molecule has 0 saturated heterocycles. The Morgan fingerprint density at radius 1 is 1.14 bits per heavy atom. The molecular formula is C15H11N3O2S2. The predicted octanol–water partition coefficient (Wildman–Crippen LogP) is 3.22. The Morgan fingerprint density at radius 3 is 2.73 bits per heavy atom. The van der Waals surface area contributed by atoms with E-state index in [2.05, 4.69) is 10.3 Å². The number of amides is 2. The average molecular weight is 329 g/mol. The molecule has 0 aliphatic heterocycles. The lowest BCUT2D eigenvalue weighted by molar-refractivity contribution is 0.0995. The highest BCUT2D eigenvalue weighted by Crippen LogP contribution is 2.28. The number of nitrogens with one attached hydrogen (secondary N) is 1. The lowest BCUT2D eigenvalue weighted by Gasteiger charge is -2.04. The van der Waals surface area contributed by atoms with Crippen LogP contribution in [0.4, 0.5) is 5.69 Å². The Kier molecular flexibility index (Phi) is 3.99. The molecule has 110 valence electrons. The second-order valence-electron chi connectivity index (χ2n) is 4.41. The van der Waals surface area contributed by atoms with Crippen molar-refractivity contribution in [2.24, 2.45) is 5.73 Å². The second kappa shape index (κ2) is 6.08. The molecule has 3 aromatic rings. The van der Waals surface area contributed by atoms with E-state index in [-0.39, 0.29) is 5.91 Å². The van der Waals surface area contributed by atoms with Crippen LogP contribution in [0.25, 0.3) is 9.88 Å². The summed E-state index contributed by atoms with van der Waals surface area (Å²) in [5.41, 5.74) is 6.42. The third-order valence-corrected chi connectivity index (χ3v) is 4.76. The summed E-state index contributed by atoms with van der Waals surface area (Å²) >= 11 is 2.99. The zero-order chi connectivity index (χ0) is 15.5. The Labute approximate surface area is 134 Å². The first-order valence-electron chi connectivity index (χ1n) is 6.34. The number of aromatic nitrogens is 1. The van der Waals surface area contributed by atoms with Gasteiger partial charge in [-0.25, -0.2) is 4.98 Å². The summed E-state index contributed by atoms with van der Waals surface area (Å²) in [7, 11) is 0. The Morgan fingerprint density at radius 2 is 2.00 bits per heavy atom. The van der Waals surface area contributed by atoms with Gasteiger partial charge in [-0.05, 0) is 29.6 Å². The van der Waals surface area contributed by atoms with Gasteiger partial charge in [-0.2, -0.15) is 0 Å². The van der Waals surface area contributed by atoms with E-state index >= 15 is 0 Å². The maximum atomic E-state index is 12.2. The van der Waals surface area contributed by atoms with Crippen LogP contribution in [0, 0.1) is 0 Å². The molecule has 2 aromatic heterocycles. The van der Waals surface area contributed by atoms with Crippen LogP contribution in [-0.2, 0) is 0 Å². The van der Waals surface area contributed by atoms with Gasteiger partial charge < -0.3 is 11.1 Å². The van der Waals surface area contributed by atoms with Gasteiger partial charge in [0, 0.05) is 16.6 Å². The number of carbonyl (C=O) groups is 2. The number of carbonyl (C=O) groups excluding carboxylic acids is 2. The van der Waals surface area contributed by atoms with Gasteiger partial charge in [0.1, 0.15) is 10.7 Å². The highest BCUT2D eigenvalue weighted by molar-refractivity contribution is 7.20. The standard InChI is InChI=1S/C15H11N3O2S2/c16-13(19)9-3-1-4-10(7-9)17-14(20)11-8-22-15(18-11)12-5-2-6-21-12/h1-8H,(H2,16,19)(H,17,20). The van der Waals surface area contributed by atoms with Crippen molar-refractivity contribution in [1.29, 1.82) is 0 Å². The predicted molar refractivity (Wildman–Crippen MR) is 88.3 cm³/mol. The van der Waals surface area contributed by atoms with Crippen molar-refractivity contribution >= 4 is 40.2 Å². The van der Waals surface area contributed by atoms with Crippen molar-refractivity contribution in [2.45, 2.75) is 0 Å². The summed E-state index contributed by atoms with van der Waals surface area (Å²) in [6.45, 7) is 0. The molecule has 0 atom stereocenters. The molecule has 3 rings (SSSR count). The summed E-state index contributed by atoms with van der Waals surface area (Å²) in [5, 5.41) is 7.20. The van der Waals surface area contributed by atoms with Crippen LogP contribution in [0.15, 0.2) is 47.2 Å². The lowest BCUT2D eigenvalue weighted by Crippen LogP contribution is -2.14. The first-order chi connectivity index (χ1) is 10.6. The summed E-state index contributed by atoms with van der Waals surface area (Å²) < 4.78 is 0. The molecule has 0 unspecified atom stereocenters. The Balaban J connectivity index is 1.77. The van der Waals surface area contributed by atoms with Crippen molar-refractivity contribution in [1.82, 2.24) is 4.98 Å². The largest absolute Gasteiger partial charge is 0.366 e. The fourth-order valence-corrected chi connectivity index (χ4v) is 3.45. The molecule has 2 amide bonds. The van der Waals surface area contributed by atoms with Crippen LogP contribution in [-0.4, -0.2) is 16.8 Å². The number of hydrogen-bond donors (Lipinski definition) is 2. The van der Waals surface area contributed by atoms with Crippen molar-refractivity contribution in [2.75, 3.05) is 5.32 Å². The van der Waals surface area contributed by atoms with Gasteiger partial charge in [-0.3, -0.25) is 9.59 Å². The van der Waals surface area contributed by atoms with Crippen molar-refractivity contribution in [3.8, 4) is 9.88 Å². The van der Waals surface area contributed by atoms with Crippen LogP contribution in [0.3, 0.4) is 0 Å². The molecule has 0 aliphatic carbocycles. The van der Waals surface area contributed by atoms with Gasteiger partial charge in [-0.15, -0.1) is 22.7 Å². The number of rotatable bonds is 4. The lowest BCUT2D eigenvalue weighted by atomic mass is 10.2. The first-order valence-corrected chi connectivity index (χ1v) is 8.10. The number of anilines is 1. The van der Waals surface area contributed by atoms with E-state index in [1.54, 1.807) is 34.9 Å². The summed E-state index contributed by atoms with van der Waals surface area (Å²) in [5.74, 6) is -0.856. The highest BCUT2D eigenvalue weighted by atomic mass is 32.1. The molecule has 7 heteroatoms. The third kappa shape index (κ3) is 3.05. The zero-order valence-electron chi connectivity index (χ0n) is 11.3. The molecule has 2 heterocycles. The van der Waals surface area contributed by atoms with E-state index in [0.29, 0.717) is 16.9 Å². The molecule has 3 N–H and O–H groups in total. The number of thiazole rings is 1. The summed E-state index contributed by atoms with van der Waals surface area (Å²) in [6.07, 6.45) is 0. The SMILES string of the molecule is NC(=O)c1cccc(NC(=O)c2csc(-c3cccs3)n2)c1. The molecule has 0 aliphatic rings. The normalized spacial score (nSPS) is 10.4. The number of hydrogen-bond acceptors (Lipinski definition) is 5. The molecule has 0 fully saturated rings. The van der Waals surface area contributed by atoms with Crippen LogP contribution in [0.5, 0.6) is 0 Å². The number of thiophene rings is 1. The van der Waals surface area contributed by atoms with E-state index < -0.39 is 5.91 Å². The van der Waals surface area contributed by atoms with Gasteiger partial charge in [0.15, 0.2) is 0 Å². The van der Waals surface area contributed by atoms with E-state index in [1.807, 2.05) is 17.5 Å². The molecular weight excluding hydrogens is 318 g/mol. The van der Waals surface area contributed by atoms with Crippen LogP contribution in [0.2, 0.25) is 0 Å². The van der Waals surface area contributed by atoms with E-state index in [9.17, 15) is 9.59 Å². The smallest absolute Gasteiger partial charge is 0.275 e. The number of primary amides is 1. The van der Waals surface area contributed by atoms with Gasteiger partial charge in [-0.1, -0.05) is 12.1 Å². The summed E-state index contributed by atoms with van der Waals surface area (Å²) in [4.78, 5) is 28.7. The van der Waals surface area contributed by atoms with Crippen molar-refractivity contribution in [3.63, 3.8) is 0 Å². The number of nitrogens with zero attached hydrogens (tertiary/aromatic N) is 1. The molecule has 0 saturated carbocycles. The molecule has 5 nitrogen and oxygen atoms in total. The Hall–Kier alpha value is -2.51. The second-order valence-corrected chi connectivity index (χ2v) is 6.22. The van der Waals surface area contributed by atoms with E-state index in [4.69, 9.17) is 5.73 Å². The van der Waals surface area contributed by atoms with Crippen LogP contribution in [0.1, 0.15) is 20.8 Å². The molecule has 1 aromatic carbocycles. The minimum absolute atomic E-state index is 0.319. The topological polar surface area (TPSA) is 85.1 Å². The fraction of sp³-hybridized carbons (Fsp3) is 0. The third-order valence-electron chi connectivity index (χ3n) is 2.87. The first kappa shape index (κ1) is 14.4. The number of nitrogens with two attached hydrogens (primary N) is 1. The number of benzene rings is 1. The molecule has 0 radical (unpaired) electrons. The molecule has 22 heavy (non-hydrogen) atoms. The Bertz CT molecular complexity index is 825. The van der Waals surface area contributed by atoms with Crippen molar-refractivity contribution in [3.05, 3.63) is 58.4 Å². The van der Waals surface area contributed by atoms with Crippen molar-refractivity contribution < 1.29 is 9.59 Å². The van der Waals surface area contributed by atoms with Crippen LogP contribution >= 0.6 is 22.7 Å². The van der Waals surface area contributed by atoms with Gasteiger partial charge >= 0.3 is 0 Å². The minimum Gasteiger partial charge on any atom is -0.366 e. The zero-order valence-corrected chi connectivity index (χ0v) is 12.9. The van der Waals surface area contributed by atoms with Gasteiger partial charge in [0.25, 0.3) is 5.91 Å². The molecule has 0 bridgehead atoms. The maximum absolute atomic E-state index is 12.2. The molecule has 0 spiro atoms. The highest BCUT2D eigenvalue weighted by Gasteiger charge is 2.13. The summed E-state index contributed by atoms with van der Waals surface area (Å²) in [6, 6.07) is 10.4. The van der Waals surface area contributed by atoms with Gasteiger partial charge in [0.2, 0.25) is 5.91 Å².